The van der Waals surface area contributed by atoms with Crippen molar-refractivity contribution in [3.8, 4) is 6.07 Å². The van der Waals surface area contributed by atoms with E-state index in [2.05, 4.69) is 24.8 Å². The summed E-state index contributed by atoms with van der Waals surface area (Å²) in [6.45, 7) is 4.04. The summed E-state index contributed by atoms with van der Waals surface area (Å²) in [5, 5.41) is 8.38. The van der Waals surface area contributed by atoms with Crippen molar-refractivity contribution in [3.05, 3.63) is 42.5 Å². The van der Waals surface area contributed by atoms with Gasteiger partial charge in [-0.15, -0.1) is 0 Å². The topological polar surface area (TPSA) is 23.8 Å². The monoisotopic (exact) mass is 185 g/mol. The Kier molecular flexibility index (Phi) is 4.50. The van der Waals surface area contributed by atoms with Crippen molar-refractivity contribution in [2.24, 2.45) is 0 Å². The van der Waals surface area contributed by atoms with E-state index in [0.29, 0.717) is 6.42 Å². The van der Waals surface area contributed by atoms with Crippen LogP contribution in [0, 0.1) is 11.3 Å². The van der Waals surface area contributed by atoms with Crippen LogP contribution in [0.3, 0.4) is 0 Å². The first kappa shape index (κ1) is 10.5. The van der Waals surface area contributed by atoms with Crippen LogP contribution in [0.15, 0.2) is 36.9 Å². The first-order valence-corrected chi connectivity index (χ1v) is 4.94. The Hall–Kier alpha value is -1.55. The lowest BCUT2D eigenvalue weighted by Gasteiger charge is -2.04. The van der Waals surface area contributed by atoms with E-state index in [1.165, 1.54) is 11.1 Å². The Morgan fingerprint density at radius 2 is 1.93 bits per heavy atom. The minimum absolute atomic E-state index is 0.655. The zero-order chi connectivity index (χ0) is 10.2. The van der Waals surface area contributed by atoms with E-state index in [1.54, 1.807) is 0 Å². The molecular formula is C13H15N. The number of hydrogen-bond donors (Lipinski definition) is 0. The third kappa shape index (κ3) is 3.45. The average Bonchev–Trinajstić information content (AvgIpc) is 2.25. The SMILES string of the molecule is C=C(CCCCC#N)c1ccccc1. The summed E-state index contributed by atoms with van der Waals surface area (Å²) in [5.74, 6) is 0. The maximum atomic E-state index is 8.38. The Balaban J connectivity index is 2.33. The fourth-order valence-corrected chi connectivity index (χ4v) is 1.36. The molecule has 0 saturated carbocycles. The van der Waals surface area contributed by atoms with Gasteiger partial charge in [-0.05, 0) is 30.4 Å². The highest BCUT2D eigenvalue weighted by Crippen LogP contribution is 2.18. The average molecular weight is 185 g/mol. The van der Waals surface area contributed by atoms with Crippen LogP contribution in [0.25, 0.3) is 5.57 Å². The number of allylic oxidation sites excluding steroid dienone is 1. The second-order valence-corrected chi connectivity index (χ2v) is 3.33. The number of benzene rings is 1. The first-order chi connectivity index (χ1) is 6.84. The van der Waals surface area contributed by atoms with Gasteiger partial charge in [0.2, 0.25) is 0 Å². The van der Waals surface area contributed by atoms with Crippen molar-refractivity contribution in [3.63, 3.8) is 0 Å². The second-order valence-electron chi connectivity index (χ2n) is 3.33. The molecule has 1 rings (SSSR count). The normalized spacial score (nSPS) is 9.36. The molecule has 0 N–H and O–H groups in total. The largest absolute Gasteiger partial charge is 0.198 e. The number of hydrogen-bond acceptors (Lipinski definition) is 1. The molecule has 0 fully saturated rings. The summed E-state index contributed by atoms with van der Waals surface area (Å²) in [7, 11) is 0. The summed E-state index contributed by atoms with van der Waals surface area (Å²) in [6.07, 6.45) is 3.68. The Morgan fingerprint density at radius 1 is 1.21 bits per heavy atom. The maximum absolute atomic E-state index is 8.38. The lowest BCUT2D eigenvalue weighted by Crippen LogP contribution is -1.83. The zero-order valence-electron chi connectivity index (χ0n) is 8.37. The molecule has 1 aromatic carbocycles. The van der Waals surface area contributed by atoms with E-state index in [9.17, 15) is 0 Å². The molecule has 1 heteroatoms. The molecule has 0 aliphatic carbocycles. The van der Waals surface area contributed by atoms with E-state index in [4.69, 9.17) is 5.26 Å². The van der Waals surface area contributed by atoms with Gasteiger partial charge in [0.05, 0.1) is 6.07 Å². The van der Waals surface area contributed by atoms with Crippen molar-refractivity contribution < 1.29 is 0 Å². The summed E-state index contributed by atoms with van der Waals surface area (Å²) in [4.78, 5) is 0. The predicted octanol–water partition coefficient (Wildman–Crippen LogP) is 3.78. The fourth-order valence-electron chi connectivity index (χ4n) is 1.36. The molecule has 1 nitrogen and oxygen atoms in total. The molecule has 14 heavy (non-hydrogen) atoms. The summed E-state index contributed by atoms with van der Waals surface area (Å²) >= 11 is 0. The van der Waals surface area contributed by atoms with Crippen molar-refractivity contribution >= 4 is 5.57 Å². The lowest BCUT2D eigenvalue weighted by atomic mass is 10.0. The quantitative estimate of drug-likeness (QED) is 0.640. The molecule has 0 bridgehead atoms. The van der Waals surface area contributed by atoms with Gasteiger partial charge in [0.1, 0.15) is 0 Å². The molecular weight excluding hydrogens is 170 g/mol. The van der Waals surface area contributed by atoms with Gasteiger partial charge in [0.15, 0.2) is 0 Å². The lowest BCUT2D eigenvalue weighted by molar-refractivity contribution is 0.776. The molecule has 0 aliphatic rings. The highest BCUT2D eigenvalue weighted by Gasteiger charge is 1.97. The molecule has 0 spiro atoms. The predicted molar refractivity (Wildman–Crippen MR) is 59.6 cm³/mol. The van der Waals surface area contributed by atoms with Gasteiger partial charge >= 0.3 is 0 Å². The molecule has 0 aliphatic heterocycles. The van der Waals surface area contributed by atoms with Crippen molar-refractivity contribution in [2.75, 3.05) is 0 Å². The van der Waals surface area contributed by atoms with Gasteiger partial charge < -0.3 is 0 Å². The maximum Gasteiger partial charge on any atom is 0.0621 e. The van der Waals surface area contributed by atoms with Crippen molar-refractivity contribution in [2.45, 2.75) is 25.7 Å². The third-order valence-corrected chi connectivity index (χ3v) is 2.20. The van der Waals surface area contributed by atoms with Crippen LogP contribution in [0.1, 0.15) is 31.2 Å². The summed E-state index contributed by atoms with van der Waals surface area (Å²) < 4.78 is 0. The van der Waals surface area contributed by atoms with Crippen molar-refractivity contribution in [1.29, 1.82) is 5.26 Å². The second kappa shape index (κ2) is 5.99. The zero-order valence-corrected chi connectivity index (χ0v) is 8.37. The highest BCUT2D eigenvalue weighted by atomic mass is 14.2. The smallest absolute Gasteiger partial charge is 0.0621 e. The molecule has 0 saturated heterocycles. The van der Waals surface area contributed by atoms with Gasteiger partial charge in [-0.3, -0.25) is 0 Å². The van der Waals surface area contributed by atoms with Gasteiger partial charge in [-0.1, -0.05) is 36.9 Å². The fraction of sp³-hybridized carbons (Fsp3) is 0.308. The van der Waals surface area contributed by atoms with Gasteiger partial charge in [0, 0.05) is 6.42 Å². The molecule has 0 amide bonds. The molecule has 0 radical (unpaired) electrons. The molecule has 72 valence electrons. The van der Waals surface area contributed by atoms with Crippen LogP contribution in [-0.2, 0) is 0 Å². The Labute approximate surface area is 85.7 Å². The van der Waals surface area contributed by atoms with Gasteiger partial charge in [-0.25, -0.2) is 0 Å². The molecule has 0 heterocycles. The van der Waals surface area contributed by atoms with E-state index in [-0.39, 0.29) is 0 Å². The van der Waals surface area contributed by atoms with Crippen LogP contribution in [0.4, 0.5) is 0 Å². The minimum Gasteiger partial charge on any atom is -0.198 e. The van der Waals surface area contributed by atoms with Gasteiger partial charge in [0.25, 0.3) is 0 Å². The standard InChI is InChI=1S/C13H15N/c1-12(8-4-3-7-11-14)13-9-5-2-6-10-13/h2,5-6,9-10H,1,3-4,7-8H2. The minimum atomic E-state index is 0.655. The van der Waals surface area contributed by atoms with E-state index in [1.807, 2.05) is 18.2 Å². The molecule has 0 atom stereocenters. The van der Waals surface area contributed by atoms with E-state index >= 15 is 0 Å². The Bertz CT molecular complexity index is 319. The van der Waals surface area contributed by atoms with Crippen molar-refractivity contribution in [1.82, 2.24) is 0 Å². The van der Waals surface area contributed by atoms with Crippen LogP contribution in [0.5, 0.6) is 0 Å². The third-order valence-electron chi connectivity index (χ3n) is 2.20. The number of nitrogens with zero attached hydrogens (tertiary/aromatic N) is 1. The van der Waals surface area contributed by atoms with E-state index in [0.717, 1.165) is 19.3 Å². The van der Waals surface area contributed by atoms with Crippen LogP contribution < -0.4 is 0 Å². The molecule has 0 aromatic heterocycles. The van der Waals surface area contributed by atoms with Crippen LogP contribution in [0.2, 0.25) is 0 Å². The molecule has 1 aromatic rings. The van der Waals surface area contributed by atoms with Crippen LogP contribution >= 0.6 is 0 Å². The highest BCUT2D eigenvalue weighted by molar-refractivity contribution is 5.62. The van der Waals surface area contributed by atoms with Crippen LogP contribution in [-0.4, -0.2) is 0 Å². The summed E-state index contributed by atoms with van der Waals surface area (Å²) in [5.41, 5.74) is 2.38. The van der Waals surface area contributed by atoms with E-state index < -0.39 is 0 Å². The Morgan fingerprint density at radius 3 is 2.57 bits per heavy atom. The number of unbranched alkanes of at least 4 members (excludes halogenated alkanes) is 2. The van der Waals surface area contributed by atoms with Gasteiger partial charge in [-0.2, -0.15) is 5.26 Å². The first-order valence-electron chi connectivity index (χ1n) is 4.94. The molecule has 0 unspecified atom stereocenters. The number of rotatable bonds is 5. The number of nitriles is 1. The summed E-state index contributed by atoms with van der Waals surface area (Å²) in [6, 6.07) is 12.4.